The summed E-state index contributed by atoms with van der Waals surface area (Å²) < 4.78 is 10.4. The lowest BCUT2D eigenvalue weighted by atomic mass is 10.1. The maximum absolute atomic E-state index is 11.0. The van der Waals surface area contributed by atoms with E-state index in [1.165, 1.54) is 13.2 Å². The van der Waals surface area contributed by atoms with Gasteiger partial charge in [0.25, 0.3) is 0 Å². The highest BCUT2D eigenvalue weighted by molar-refractivity contribution is 5.57. The summed E-state index contributed by atoms with van der Waals surface area (Å²) in [5.74, 6) is 1.07. The molecule has 1 rings (SSSR count). The number of allylic oxidation sites excluding steroid dienone is 1. The Bertz CT molecular complexity index is 574. The summed E-state index contributed by atoms with van der Waals surface area (Å²) >= 11 is 0. The van der Waals surface area contributed by atoms with Gasteiger partial charge in [0.1, 0.15) is 6.07 Å². The van der Waals surface area contributed by atoms with Crippen molar-refractivity contribution in [1.82, 2.24) is 0 Å². The SMILES string of the molecule is COc1cc(C=C(CC(C)C)[N+](=O)[O-])ccc1OCC#N. The van der Waals surface area contributed by atoms with Gasteiger partial charge in [0.2, 0.25) is 5.70 Å². The maximum Gasteiger partial charge on any atom is 0.247 e. The molecule has 0 aliphatic rings. The molecular formula is C15H18N2O4. The summed E-state index contributed by atoms with van der Waals surface area (Å²) in [6.45, 7) is 3.77. The Morgan fingerprint density at radius 3 is 2.71 bits per heavy atom. The Balaban J connectivity index is 3.07. The van der Waals surface area contributed by atoms with E-state index in [0.29, 0.717) is 23.5 Å². The van der Waals surface area contributed by atoms with E-state index in [0.717, 1.165) is 0 Å². The van der Waals surface area contributed by atoms with E-state index in [-0.39, 0.29) is 23.1 Å². The summed E-state index contributed by atoms with van der Waals surface area (Å²) in [7, 11) is 1.48. The highest BCUT2D eigenvalue weighted by Crippen LogP contribution is 2.29. The molecular weight excluding hydrogens is 272 g/mol. The van der Waals surface area contributed by atoms with Crippen LogP contribution >= 0.6 is 0 Å². The van der Waals surface area contributed by atoms with Crippen molar-refractivity contribution in [1.29, 1.82) is 5.26 Å². The summed E-state index contributed by atoms with van der Waals surface area (Å²) in [5, 5.41) is 19.6. The van der Waals surface area contributed by atoms with Crippen LogP contribution in [0.3, 0.4) is 0 Å². The molecule has 6 heteroatoms. The lowest BCUT2D eigenvalue weighted by molar-refractivity contribution is -0.427. The van der Waals surface area contributed by atoms with Crippen LogP contribution in [0, 0.1) is 27.4 Å². The molecule has 1 aromatic rings. The van der Waals surface area contributed by atoms with Crippen molar-refractivity contribution >= 4 is 6.08 Å². The van der Waals surface area contributed by atoms with E-state index >= 15 is 0 Å². The van der Waals surface area contributed by atoms with Crippen LogP contribution in [0.4, 0.5) is 0 Å². The number of nitrogens with zero attached hydrogens (tertiary/aromatic N) is 2. The third-order valence-corrected chi connectivity index (χ3v) is 2.67. The molecule has 6 nitrogen and oxygen atoms in total. The van der Waals surface area contributed by atoms with Crippen LogP contribution in [0.25, 0.3) is 6.08 Å². The number of hydrogen-bond donors (Lipinski definition) is 0. The third kappa shape index (κ3) is 5.15. The van der Waals surface area contributed by atoms with Crippen molar-refractivity contribution in [3.63, 3.8) is 0 Å². The third-order valence-electron chi connectivity index (χ3n) is 2.67. The molecule has 0 radical (unpaired) electrons. The van der Waals surface area contributed by atoms with Crippen molar-refractivity contribution in [3.05, 3.63) is 39.6 Å². The Morgan fingerprint density at radius 1 is 1.48 bits per heavy atom. The highest BCUT2D eigenvalue weighted by atomic mass is 16.6. The molecule has 1 aromatic carbocycles. The number of benzene rings is 1. The molecule has 0 atom stereocenters. The number of hydrogen-bond acceptors (Lipinski definition) is 5. The number of methoxy groups -OCH3 is 1. The second-order valence-electron chi connectivity index (χ2n) is 4.85. The molecule has 0 aliphatic heterocycles. The van der Waals surface area contributed by atoms with Gasteiger partial charge in [0.15, 0.2) is 18.1 Å². The second kappa shape index (κ2) is 7.90. The van der Waals surface area contributed by atoms with Gasteiger partial charge in [-0.3, -0.25) is 10.1 Å². The molecule has 0 heterocycles. The molecule has 0 aromatic heterocycles. The normalized spacial score (nSPS) is 11.1. The molecule has 0 aliphatic carbocycles. The monoisotopic (exact) mass is 290 g/mol. The van der Waals surface area contributed by atoms with Crippen LogP contribution in [0.2, 0.25) is 0 Å². The first-order valence-electron chi connectivity index (χ1n) is 6.50. The van der Waals surface area contributed by atoms with E-state index in [9.17, 15) is 10.1 Å². The van der Waals surface area contributed by atoms with Crippen LogP contribution in [-0.2, 0) is 0 Å². The summed E-state index contributed by atoms with van der Waals surface area (Å²) in [5.41, 5.74) is 0.807. The minimum absolute atomic E-state index is 0.0843. The lowest BCUT2D eigenvalue weighted by Crippen LogP contribution is -2.02. The van der Waals surface area contributed by atoms with Crippen molar-refractivity contribution in [2.75, 3.05) is 13.7 Å². The van der Waals surface area contributed by atoms with Gasteiger partial charge in [-0.05, 0) is 23.6 Å². The molecule has 112 valence electrons. The fourth-order valence-electron chi connectivity index (χ4n) is 1.80. The summed E-state index contributed by atoms with van der Waals surface area (Å²) in [6.07, 6.45) is 1.92. The van der Waals surface area contributed by atoms with Crippen molar-refractivity contribution in [2.45, 2.75) is 20.3 Å². The Hall–Kier alpha value is -2.55. The standard InChI is InChI=1S/C15H18N2O4/c1-11(2)8-13(17(18)19)9-12-4-5-14(21-7-6-16)15(10-12)20-3/h4-5,9-11H,7-8H2,1-3H3. The molecule has 0 N–H and O–H groups in total. The summed E-state index contributed by atoms with van der Waals surface area (Å²) in [4.78, 5) is 10.7. The number of ether oxygens (including phenoxy) is 2. The zero-order valence-electron chi connectivity index (χ0n) is 12.3. The molecule has 0 fully saturated rings. The zero-order valence-corrected chi connectivity index (χ0v) is 12.3. The predicted octanol–water partition coefficient (Wildman–Crippen LogP) is 3.26. The molecule has 0 spiro atoms. The second-order valence-corrected chi connectivity index (χ2v) is 4.85. The topological polar surface area (TPSA) is 85.4 Å². The van der Waals surface area contributed by atoms with Gasteiger partial charge < -0.3 is 9.47 Å². The minimum atomic E-state index is -0.368. The van der Waals surface area contributed by atoms with Crippen molar-refractivity contribution in [3.8, 4) is 17.6 Å². The largest absolute Gasteiger partial charge is 0.493 e. The molecule has 0 saturated carbocycles. The van der Waals surface area contributed by atoms with Gasteiger partial charge in [-0.2, -0.15) is 5.26 Å². The quantitative estimate of drug-likeness (QED) is 0.568. The Kier molecular flexibility index (Phi) is 6.21. The van der Waals surface area contributed by atoms with E-state index in [4.69, 9.17) is 14.7 Å². The van der Waals surface area contributed by atoms with E-state index in [1.807, 2.05) is 19.9 Å². The van der Waals surface area contributed by atoms with E-state index in [2.05, 4.69) is 0 Å². The van der Waals surface area contributed by atoms with Gasteiger partial charge in [-0.15, -0.1) is 0 Å². The fraction of sp³-hybridized carbons (Fsp3) is 0.400. The van der Waals surface area contributed by atoms with Crippen LogP contribution in [0.15, 0.2) is 23.9 Å². The minimum Gasteiger partial charge on any atom is -0.493 e. The molecule has 0 unspecified atom stereocenters. The van der Waals surface area contributed by atoms with E-state index in [1.54, 1.807) is 18.2 Å². The van der Waals surface area contributed by atoms with Crippen molar-refractivity contribution < 1.29 is 14.4 Å². The first-order valence-corrected chi connectivity index (χ1v) is 6.50. The van der Waals surface area contributed by atoms with Crippen molar-refractivity contribution in [2.24, 2.45) is 5.92 Å². The fourth-order valence-corrected chi connectivity index (χ4v) is 1.80. The van der Waals surface area contributed by atoms with Crippen LogP contribution in [0.1, 0.15) is 25.8 Å². The zero-order chi connectivity index (χ0) is 15.8. The number of nitro groups is 1. The lowest BCUT2D eigenvalue weighted by Gasteiger charge is -2.09. The van der Waals surface area contributed by atoms with Crippen LogP contribution in [-0.4, -0.2) is 18.6 Å². The van der Waals surface area contributed by atoms with Gasteiger partial charge >= 0.3 is 0 Å². The van der Waals surface area contributed by atoms with Gasteiger partial charge in [0, 0.05) is 12.5 Å². The first kappa shape index (κ1) is 16.5. The molecule has 21 heavy (non-hydrogen) atoms. The van der Waals surface area contributed by atoms with Crippen LogP contribution < -0.4 is 9.47 Å². The average molecular weight is 290 g/mol. The number of rotatable bonds is 7. The molecule has 0 amide bonds. The highest BCUT2D eigenvalue weighted by Gasteiger charge is 2.14. The molecule has 0 bridgehead atoms. The summed E-state index contributed by atoms with van der Waals surface area (Å²) in [6, 6.07) is 6.85. The van der Waals surface area contributed by atoms with Gasteiger partial charge in [-0.1, -0.05) is 19.9 Å². The Labute approximate surface area is 123 Å². The first-order chi connectivity index (χ1) is 9.97. The number of nitriles is 1. The van der Waals surface area contributed by atoms with Gasteiger partial charge in [0.05, 0.1) is 12.0 Å². The maximum atomic E-state index is 11.0. The van der Waals surface area contributed by atoms with Crippen LogP contribution in [0.5, 0.6) is 11.5 Å². The average Bonchev–Trinajstić information content (AvgIpc) is 2.44. The predicted molar refractivity (Wildman–Crippen MR) is 78.5 cm³/mol. The Morgan fingerprint density at radius 2 is 2.19 bits per heavy atom. The van der Waals surface area contributed by atoms with E-state index < -0.39 is 0 Å². The smallest absolute Gasteiger partial charge is 0.247 e. The van der Waals surface area contributed by atoms with Gasteiger partial charge in [-0.25, -0.2) is 0 Å². The molecule has 0 saturated heterocycles.